The number of allylic oxidation sites excluding steroid dienone is 3. The van der Waals surface area contributed by atoms with Crippen LogP contribution in [0.15, 0.2) is 47.5 Å². The van der Waals surface area contributed by atoms with Crippen LogP contribution in [-0.2, 0) is 4.79 Å². The van der Waals surface area contributed by atoms with Gasteiger partial charge in [0.25, 0.3) is 0 Å². The number of aliphatic carboxylic acids is 1. The summed E-state index contributed by atoms with van der Waals surface area (Å²) < 4.78 is 0.844. The minimum atomic E-state index is -0.984. The Labute approximate surface area is 157 Å². The number of aromatic nitrogens is 1. The molecule has 2 rings (SSSR count). The first kappa shape index (κ1) is 19.4. The highest BCUT2D eigenvalue weighted by molar-refractivity contribution is 8.05. The van der Waals surface area contributed by atoms with E-state index in [0.29, 0.717) is 12.1 Å². The molecule has 0 bridgehead atoms. The van der Waals surface area contributed by atoms with E-state index in [2.05, 4.69) is 12.0 Å². The van der Waals surface area contributed by atoms with E-state index in [1.54, 1.807) is 19.9 Å². The Morgan fingerprint density at radius 1 is 1.42 bits per heavy atom. The fourth-order valence-corrected chi connectivity index (χ4v) is 3.53. The molecular weight excluding hydrogens is 344 g/mol. The van der Waals surface area contributed by atoms with Crippen LogP contribution >= 0.6 is 11.8 Å². The zero-order chi connectivity index (χ0) is 19.3. The molecule has 0 saturated heterocycles. The number of fused-ring (bicyclic) bond motifs is 1. The predicted molar refractivity (Wildman–Crippen MR) is 107 cm³/mol. The average molecular weight is 364 g/mol. The fraction of sp³-hybridized carbons (Fsp3) is 0.238. The summed E-state index contributed by atoms with van der Waals surface area (Å²) in [7, 11) is 0. The summed E-state index contributed by atoms with van der Waals surface area (Å²) in [5.41, 5.74) is 3.33. The fourth-order valence-electron chi connectivity index (χ4n) is 2.47. The highest BCUT2D eigenvalue weighted by Gasteiger charge is 2.29. The Bertz CT molecular complexity index is 982. The van der Waals surface area contributed by atoms with Crippen LogP contribution in [0.3, 0.4) is 0 Å². The molecule has 1 N–H and O–H groups in total. The van der Waals surface area contributed by atoms with Crippen LogP contribution in [0.25, 0.3) is 11.1 Å². The molecule has 0 saturated carbocycles. The Balaban J connectivity index is 2.63. The van der Waals surface area contributed by atoms with Gasteiger partial charge in [0.2, 0.25) is 0 Å². The van der Waals surface area contributed by atoms with Crippen LogP contribution < -0.4 is 0 Å². The summed E-state index contributed by atoms with van der Waals surface area (Å²) in [5.74, 6) is 1.67. The van der Waals surface area contributed by atoms with Crippen molar-refractivity contribution in [3.8, 4) is 18.4 Å². The van der Waals surface area contributed by atoms with E-state index in [0.717, 1.165) is 21.6 Å². The van der Waals surface area contributed by atoms with Crippen LogP contribution in [-0.4, -0.2) is 20.2 Å². The van der Waals surface area contributed by atoms with Crippen molar-refractivity contribution in [2.75, 3.05) is 0 Å². The lowest BCUT2D eigenvalue weighted by molar-refractivity contribution is -0.138. The first-order valence-electron chi connectivity index (χ1n) is 8.05. The molecule has 0 aliphatic heterocycles. The SMILES string of the molecule is C#CC/C=C\C(SC(C)(C)C(=O)O)=C(/C)c1ccc(C#N)n2cccc12. The summed E-state index contributed by atoms with van der Waals surface area (Å²) >= 11 is 1.28. The zero-order valence-corrected chi connectivity index (χ0v) is 15.8. The van der Waals surface area contributed by atoms with Crippen LogP contribution in [0.5, 0.6) is 0 Å². The smallest absolute Gasteiger partial charge is 0.319 e. The van der Waals surface area contributed by atoms with Gasteiger partial charge in [-0.2, -0.15) is 5.26 Å². The lowest BCUT2D eigenvalue weighted by Crippen LogP contribution is -2.27. The number of thioether (sulfide) groups is 1. The quantitative estimate of drug-likeness (QED) is 0.595. The maximum Gasteiger partial charge on any atom is 0.319 e. The number of nitrogens with zero attached hydrogens (tertiary/aromatic N) is 2. The minimum Gasteiger partial charge on any atom is -0.480 e. The van der Waals surface area contributed by atoms with Gasteiger partial charge in [-0.15, -0.1) is 24.1 Å². The Hall–Kier alpha value is -2.89. The van der Waals surface area contributed by atoms with Gasteiger partial charge in [-0.1, -0.05) is 12.2 Å². The second-order valence-electron chi connectivity index (χ2n) is 6.22. The molecule has 0 amide bonds. The Morgan fingerprint density at radius 3 is 2.77 bits per heavy atom. The molecule has 2 heterocycles. The summed E-state index contributed by atoms with van der Waals surface area (Å²) in [4.78, 5) is 12.4. The molecular formula is C21H20N2O2S. The van der Waals surface area contributed by atoms with E-state index in [1.807, 2.05) is 47.9 Å². The normalized spacial score (nSPS) is 12.7. The topological polar surface area (TPSA) is 65.5 Å². The van der Waals surface area contributed by atoms with Crippen LogP contribution in [0, 0.1) is 23.7 Å². The molecule has 2 aromatic heterocycles. The van der Waals surface area contributed by atoms with Crippen molar-refractivity contribution in [3.05, 3.63) is 58.8 Å². The number of pyridine rings is 1. The van der Waals surface area contributed by atoms with Gasteiger partial charge in [0, 0.05) is 23.1 Å². The monoisotopic (exact) mass is 364 g/mol. The van der Waals surface area contributed by atoms with Crippen LogP contribution in [0.2, 0.25) is 0 Å². The van der Waals surface area contributed by atoms with E-state index >= 15 is 0 Å². The van der Waals surface area contributed by atoms with Crippen molar-refractivity contribution in [3.63, 3.8) is 0 Å². The molecule has 4 nitrogen and oxygen atoms in total. The molecule has 0 unspecified atom stereocenters. The van der Waals surface area contributed by atoms with Gasteiger partial charge in [-0.3, -0.25) is 4.79 Å². The number of carboxylic acids is 1. The van der Waals surface area contributed by atoms with Crippen molar-refractivity contribution in [2.45, 2.75) is 31.9 Å². The lowest BCUT2D eigenvalue weighted by atomic mass is 10.1. The number of nitriles is 1. The van der Waals surface area contributed by atoms with E-state index < -0.39 is 10.7 Å². The van der Waals surface area contributed by atoms with E-state index in [1.165, 1.54) is 11.8 Å². The largest absolute Gasteiger partial charge is 0.480 e. The summed E-state index contributed by atoms with van der Waals surface area (Å²) in [6.07, 6.45) is 11.4. The molecule has 0 fully saturated rings. The van der Waals surface area contributed by atoms with Gasteiger partial charge >= 0.3 is 5.97 Å². The maximum atomic E-state index is 11.6. The molecule has 0 aliphatic rings. The van der Waals surface area contributed by atoms with Gasteiger partial charge in [0.05, 0.1) is 5.52 Å². The predicted octanol–water partition coefficient (Wildman–Crippen LogP) is 4.72. The van der Waals surface area contributed by atoms with Crippen molar-refractivity contribution >= 4 is 28.8 Å². The molecule has 0 spiro atoms. The number of rotatable bonds is 6. The molecule has 26 heavy (non-hydrogen) atoms. The summed E-state index contributed by atoms with van der Waals surface area (Å²) in [6, 6.07) is 9.66. The Morgan fingerprint density at radius 2 is 2.15 bits per heavy atom. The summed E-state index contributed by atoms with van der Waals surface area (Å²) in [5, 5.41) is 18.7. The average Bonchev–Trinajstić information content (AvgIpc) is 3.09. The van der Waals surface area contributed by atoms with Crippen molar-refractivity contribution < 1.29 is 9.90 Å². The maximum absolute atomic E-state index is 11.6. The minimum absolute atomic E-state index is 0.471. The third-order valence-corrected chi connectivity index (χ3v) is 5.31. The molecule has 0 radical (unpaired) electrons. The van der Waals surface area contributed by atoms with E-state index in [4.69, 9.17) is 6.42 Å². The second kappa shape index (κ2) is 7.99. The van der Waals surface area contributed by atoms with Crippen LogP contribution in [0.1, 0.15) is 38.4 Å². The van der Waals surface area contributed by atoms with E-state index in [9.17, 15) is 15.2 Å². The molecule has 0 aromatic carbocycles. The molecule has 5 heteroatoms. The van der Waals surface area contributed by atoms with Gasteiger partial charge in [0.1, 0.15) is 16.5 Å². The molecule has 0 aliphatic carbocycles. The van der Waals surface area contributed by atoms with E-state index in [-0.39, 0.29) is 0 Å². The molecule has 0 atom stereocenters. The van der Waals surface area contributed by atoms with Gasteiger partial charge in [0.15, 0.2) is 0 Å². The second-order valence-corrected chi connectivity index (χ2v) is 7.89. The summed E-state index contributed by atoms with van der Waals surface area (Å²) in [6.45, 7) is 5.30. The van der Waals surface area contributed by atoms with Crippen LogP contribution in [0.4, 0.5) is 0 Å². The first-order chi connectivity index (χ1) is 12.3. The van der Waals surface area contributed by atoms with Gasteiger partial charge < -0.3 is 9.51 Å². The van der Waals surface area contributed by atoms with Crippen molar-refractivity contribution in [1.82, 2.24) is 4.40 Å². The first-order valence-corrected chi connectivity index (χ1v) is 8.87. The highest BCUT2D eigenvalue weighted by Crippen LogP contribution is 2.38. The lowest BCUT2D eigenvalue weighted by Gasteiger charge is -2.21. The Kier molecular flexibility index (Phi) is 5.97. The third kappa shape index (κ3) is 4.02. The number of carboxylic acid groups (broad SMARTS) is 1. The van der Waals surface area contributed by atoms with Gasteiger partial charge in [-0.05, 0) is 50.6 Å². The van der Waals surface area contributed by atoms with Crippen molar-refractivity contribution in [1.29, 1.82) is 5.26 Å². The number of terminal acetylenes is 1. The van der Waals surface area contributed by atoms with Crippen molar-refractivity contribution in [2.24, 2.45) is 0 Å². The molecule has 2 aromatic rings. The number of carbonyl (C=O) groups is 1. The highest BCUT2D eigenvalue weighted by atomic mass is 32.2. The molecule has 132 valence electrons. The zero-order valence-electron chi connectivity index (χ0n) is 15.0. The number of hydrogen-bond donors (Lipinski definition) is 1. The third-order valence-electron chi connectivity index (χ3n) is 3.97. The standard InChI is InChI=1S/C21H20N2O2S/c1-5-6-7-10-19(26-21(3,4)20(24)25)15(2)17-12-11-16(14-22)23-13-8-9-18(17)23/h1,7-13H,6H2,2-4H3,(H,24,25)/b10-7-,19-15-. The number of hydrogen-bond acceptors (Lipinski definition) is 3. The van der Waals surface area contributed by atoms with Gasteiger partial charge in [-0.25, -0.2) is 0 Å².